The van der Waals surface area contributed by atoms with Gasteiger partial charge in [0.15, 0.2) is 11.8 Å². The minimum Gasteiger partial charge on any atom is -0.347 e. The highest BCUT2D eigenvalue weighted by Gasteiger charge is 2.27. The van der Waals surface area contributed by atoms with E-state index in [1.165, 1.54) is 0 Å². The van der Waals surface area contributed by atoms with Crippen LogP contribution in [0.15, 0.2) is 65.5 Å². The number of halogens is 4. The van der Waals surface area contributed by atoms with Gasteiger partial charge in [-0.2, -0.15) is 0 Å². The number of ketones is 1. The van der Waals surface area contributed by atoms with Gasteiger partial charge in [0.1, 0.15) is 0 Å². The van der Waals surface area contributed by atoms with E-state index in [0.717, 1.165) is 47.0 Å². The van der Waals surface area contributed by atoms with E-state index in [2.05, 4.69) is 23.1 Å². The maximum absolute atomic E-state index is 13.5. The van der Waals surface area contributed by atoms with Gasteiger partial charge in [-0.3, -0.25) is 14.4 Å². The van der Waals surface area contributed by atoms with Gasteiger partial charge in [0.25, 0.3) is 11.5 Å². The fourth-order valence-electron chi connectivity index (χ4n) is 5.00. The Bertz CT molecular complexity index is 1290. The van der Waals surface area contributed by atoms with Crippen LogP contribution in [0.4, 0.5) is 0 Å². The van der Waals surface area contributed by atoms with E-state index in [9.17, 15) is 14.4 Å². The molecule has 0 radical (unpaired) electrons. The summed E-state index contributed by atoms with van der Waals surface area (Å²) in [5, 5.41) is 3.81. The lowest BCUT2D eigenvalue weighted by molar-refractivity contribution is -0.907. The molecule has 43 heavy (non-hydrogen) atoms. The molecule has 0 aliphatic carbocycles. The summed E-state index contributed by atoms with van der Waals surface area (Å²) < 4.78 is 0.764. The SMILES string of the molecule is C[N+](CCN)(CCN)CCC[C@H]([NH3+])C(=O)N[C@H](CCc1ccccc1)C(=O)Cc1cc2ccccc2[nH]c1=O.Cl.Cl.Cl.Cl. The molecule has 3 aromatic rings. The molecule has 13 heteroatoms. The van der Waals surface area contributed by atoms with Crippen molar-refractivity contribution in [3.8, 4) is 0 Å². The smallest absolute Gasteiger partial charge is 0.278 e. The number of rotatable bonds is 16. The summed E-state index contributed by atoms with van der Waals surface area (Å²) >= 11 is 0. The van der Waals surface area contributed by atoms with Crippen molar-refractivity contribution in [2.45, 2.75) is 44.2 Å². The molecule has 1 aromatic heterocycles. The van der Waals surface area contributed by atoms with E-state index < -0.39 is 12.1 Å². The van der Waals surface area contributed by atoms with E-state index in [4.69, 9.17) is 11.5 Å². The van der Waals surface area contributed by atoms with Gasteiger partial charge in [0.2, 0.25) is 0 Å². The lowest BCUT2D eigenvalue weighted by Crippen LogP contribution is -2.68. The molecule has 9 nitrogen and oxygen atoms in total. The summed E-state index contributed by atoms with van der Waals surface area (Å²) in [7, 11) is 2.13. The first-order chi connectivity index (χ1) is 18.7. The number of benzene rings is 2. The van der Waals surface area contributed by atoms with Crippen LogP contribution < -0.4 is 28.1 Å². The molecule has 2 aromatic carbocycles. The molecule has 0 unspecified atom stereocenters. The quantitative estimate of drug-likeness (QED) is 0.147. The average molecular weight is 683 g/mol. The fourth-order valence-corrected chi connectivity index (χ4v) is 5.00. The summed E-state index contributed by atoms with van der Waals surface area (Å²) in [4.78, 5) is 42.1. The zero-order valence-electron chi connectivity index (χ0n) is 24.7. The highest BCUT2D eigenvalue weighted by molar-refractivity contribution is 5.92. The maximum atomic E-state index is 13.5. The normalized spacial score (nSPS) is 12.0. The van der Waals surface area contributed by atoms with E-state index >= 15 is 0 Å². The molecular formula is C30H48Cl4N6O3+2. The second-order valence-electron chi connectivity index (χ2n) is 10.6. The number of quaternary nitrogens is 2. The van der Waals surface area contributed by atoms with Gasteiger partial charge in [-0.15, -0.1) is 49.6 Å². The van der Waals surface area contributed by atoms with E-state index in [1.807, 2.05) is 54.6 Å². The van der Waals surface area contributed by atoms with Crippen LogP contribution in [0.3, 0.4) is 0 Å². The summed E-state index contributed by atoms with van der Waals surface area (Å²) in [6.45, 7) is 3.67. The van der Waals surface area contributed by atoms with Gasteiger partial charge in [-0.05, 0) is 35.9 Å². The molecule has 3 rings (SSSR count). The minimum atomic E-state index is -0.719. The summed E-state index contributed by atoms with van der Waals surface area (Å²) in [5.41, 5.74) is 17.5. The van der Waals surface area contributed by atoms with Gasteiger partial charge in [-0.25, -0.2) is 0 Å². The number of fused-ring (bicyclic) bond motifs is 1. The Balaban J connectivity index is 0. The number of carbonyl (C=O) groups excluding carboxylic acids is 2. The molecular weight excluding hydrogens is 634 g/mol. The van der Waals surface area contributed by atoms with Crippen molar-refractivity contribution >= 4 is 72.2 Å². The molecule has 0 aliphatic heterocycles. The number of nitrogens with one attached hydrogen (secondary N) is 2. The monoisotopic (exact) mass is 680 g/mol. The van der Waals surface area contributed by atoms with Crippen LogP contribution in [0.2, 0.25) is 0 Å². The first kappa shape index (κ1) is 42.9. The third-order valence-corrected chi connectivity index (χ3v) is 7.42. The summed E-state index contributed by atoms with van der Waals surface area (Å²) in [6, 6.07) is 17.8. The minimum absolute atomic E-state index is 0. The number of aromatic nitrogens is 1. The predicted molar refractivity (Wildman–Crippen MR) is 184 cm³/mol. The molecule has 0 fully saturated rings. The topological polar surface area (TPSA) is 159 Å². The van der Waals surface area contributed by atoms with Crippen LogP contribution in [0.25, 0.3) is 10.9 Å². The fraction of sp³-hybridized carbons (Fsp3) is 0.433. The molecule has 1 heterocycles. The number of nitrogens with zero attached hydrogens (tertiary/aromatic N) is 1. The second kappa shape index (κ2) is 21.5. The first-order valence-electron chi connectivity index (χ1n) is 13.8. The highest BCUT2D eigenvalue weighted by Crippen LogP contribution is 2.13. The van der Waals surface area contributed by atoms with Crippen molar-refractivity contribution in [2.75, 3.05) is 39.8 Å². The molecule has 0 bridgehead atoms. The zero-order valence-corrected chi connectivity index (χ0v) is 27.9. The van der Waals surface area contributed by atoms with Crippen LogP contribution in [-0.4, -0.2) is 73.0 Å². The van der Waals surface area contributed by atoms with Crippen molar-refractivity contribution in [3.05, 3.63) is 82.1 Å². The van der Waals surface area contributed by atoms with E-state index in [0.29, 0.717) is 37.9 Å². The van der Waals surface area contributed by atoms with Crippen LogP contribution in [0.1, 0.15) is 30.4 Å². The third kappa shape index (κ3) is 13.5. The van der Waals surface area contributed by atoms with Gasteiger partial charge < -0.3 is 32.0 Å². The van der Waals surface area contributed by atoms with Crippen molar-refractivity contribution in [3.63, 3.8) is 0 Å². The summed E-state index contributed by atoms with van der Waals surface area (Å²) in [5.74, 6) is -0.442. The predicted octanol–water partition coefficient (Wildman–Crippen LogP) is 2.20. The van der Waals surface area contributed by atoms with Gasteiger partial charge in [-0.1, -0.05) is 48.5 Å². The van der Waals surface area contributed by atoms with Crippen LogP contribution in [0, 0.1) is 0 Å². The lowest BCUT2D eigenvalue weighted by atomic mass is 9.97. The first-order valence-corrected chi connectivity index (χ1v) is 13.8. The Morgan fingerprint density at radius 2 is 1.51 bits per heavy atom. The Labute approximate surface area is 279 Å². The Morgan fingerprint density at radius 3 is 2.14 bits per heavy atom. The number of aryl methyl sites for hydroxylation is 1. The Hall–Kier alpha value is -2.21. The number of likely N-dealkylation sites (N-methyl/N-ethyl adjacent to an activating group) is 1. The number of hydrogen-bond donors (Lipinski definition) is 5. The number of para-hydroxylation sites is 1. The van der Waals surface area contributed by atoms with Gasteiger partial charge >= 0.3 is 0 Å². The molecule has 2 atom stereocenters. The van der Waals surface area contributed by atoms with Crippen molar-refractivity contribution in [2.24, 2.45) is 11.5 Å². The number of aromatic amines is 1. The molecule has 0 spiro atoms. The van der Waals surface area contributed by atoms with Crippen molar-refractivity contribution in [1.82, 2.24) is 10.3 Å². The number of hydrogen-bond acceptors (Lipinski definition) is 5. The molecule has 0 saturated carbocycles. The van der Waals surface area contributed by atoms with Crippen molar-refractivity contribution < 1.29 is 19.8 Å². The van der Waals surface area contributed by atoms with E-state index in [1.54, 1.807) is 6.07 Å². The zero-order chi connectivity index (χ0) is 28.3. The van der Waals surface area contributed by atoms with Crippen molar-refractivity contribution in [1.29, 1.82) is 0 Å². The Morgan fingerprint density at radius 1 is 0.907 bits per heavy atom. The largest absolute Gasteiger partial charge is 0.347 e. The number of Topliss-reactive ketones (excluding diaryl/α,β-unsaturated/α-hetero) is 1. The number of amides is 1. The number of pyridine rings is 1. The second-order valence-corrected chi connectivity index (χ2v) is 10.6. The van der Waals surface area contributed by atoms with E-state index in [-0.39, 0.29) is 73.3 Å². The average Bonchev–Trinajstić information content (AvgIpc) is 2.92. The summed E-state index contributed by atoms with van der Waals surface area (Å²) in [6.07, 6.45) is 2.40. The lowest BCUT2D eigenvalue weighted by Gasteiger charge is -2.34. The molecule has 0 aliphatic rings. The number of H-pyrrole nitrogens is 1. The molecule has 9 N–H and O–H groups in total. The number of carbonyl (C=O) groups is 2. The molecule has 0 saturated heterocycles. The molecule has 242 valence electrons. The van der Waals surface area contributed by atoms with Gasteiger partial charge in [0, 0.05) is 43.4 Å². The Kier molecular flexibility index (Phi) is 21.4. The third-order valence-electron chi connectivity index (χ3n) is 7.42. The number of nitrogens with two attached hydrogens (primary N) is 2. The maximum Gasteiger partial charge on any atom is 0.278 e. The van der Waals surface area contributed by atoms with Gasteiger partial charge in [0.05, 0.1) is 32.7 Å². The standard InChI is InChI=1S/C30H42N6O3.4ClH/c1-36(18-15-31,19-16-32)17-7-11-25(33)30(39)35-27(14-13-22-8-3-2-4-9-22)28(37)21-24-20-23-10-5-6-12-26(23)34-29(24)38;;;;/h2-6,8-10,12,20,25,27H,7,11,13-19,21,31-33H2,1H3,(H-,34,35,38,39);4*1H/p+2/t25-,27+;;;;/m0..../s1. The molecule has 1 amide bonds. The van der Waals surface area contributed by atoms with Crippen LogP contribution in [0.5, 0.6) is 0 Å². The highest BCUT2D eigenvalue weighted by atomic mass is 35.5. The van der Waals surface area contributed by atoms with Crippen LogP contribution >= 0.6 is 49.6 Å². The van der Waals surface area contributed by atoms with Crippen LogP contribution in [-0.2, 0) is 22.4 Å².